The van der Waals surface area contributed by atoms with E-state index >= 15 is 0 Å². The molecule has 1 amide bonds. The molecular weight excluding hydrogens is 372 g/mol. The molecule has 4 nitrogen and oxygen atoms in total. The second kappa shape index (κ2) is 9.52. The number of fused-ring (bicyclic) bond motifs is 1. The van der Waals surface area contributed by atoms with Crippen LogP contribution >= 0.6 is 0 Å². The molecule has 30 heavy (non-hydrogen) atoms. The number of carbonyl (C=O) groups excluding carboxylic acids is 1. The van der Waals surface area contributed by atoms with Gasteiger partial charge >= 0.3 is 0 Å². The number of nitrogens with zero attached hydrogens (tertiary/aromatic N) is 1. The number of amides is 1. The van der Waals surface area contributed by atoms with Crippen molar-refractivity contribution >= 4 is 22.9 Å². The fourth-order valence-electron chi connectivity index (χ4n) is 3.23. The molecule has 4 rings (SSSR count). The van der Waals surface area contributed by atoms with Gasteiger partial charge in [-0.1, -0.05) is 72.8 Å². The van der Waals surface area contributed by atoms with Gasteiger partial charge in [-0.3, -0.25) is 4.79 Å². The van der Waals surface area contributed by atoms with E-state index in [0.717, 1.165) is 22.4 Å². The summed E-state index contributed by atoms with van der Waals surface area (Å²) in [4.78, 5) is 11.9. The van der Waals surface area contributed by atoms with Crippen molar-refractivity contribution in [2.75, 3.05) is 0 Å². The number of hydrazone groups is 1. The molecule has 4 aromatic carbocycles. The zero-order chi connectivity index (χ0) is 20.6. The van der Waals surface area contributed by atoms with Crippen molar-refractivity contribution in [3.8, 4) is 5.75 Å². The van der Waals surface area contributed by atoms with Crippen LogP contribution < -0.4 is 10.2 Å². The smallest absolute Gasteiger partial charge is 0.244 e. The van der Waals surface area contributed by atoms with Crippen molar-refractivity contribution in [2.45, 2.75) is 13.0 Å². The van der Waals surface area contributed by atoms with E-state index in [4.69, 9.17) is 4.74 Å². The van der Waals surface area contributed by atoms with Crippen LogP contribution in [0.1, 0.15) is 16.7 Å². The molecule has 4 aromatic rings. The largest absolute Gasteiger partial charge is 0.489 e. The SMILES string of the molecule is O=C(Cc1ccccc1)N/N=C\c1ccc(OCc2cccc3ccccc23)cc1. The van der Waals surface area contributed by atoms with E-state index in [2.05, 4.69) is 34.8 Å². The molecule has 1 N–H and O–H groups in total. The fourth-order valence-corrected chi connectivity index (χ4v) is 3.23. The minimum atomic E-state index is -0.146. The molecule has 0 spiro atoms. The molecule has 0 unspecified atom stereocenters. The molecule has 0 saturated heterocycles. The standard InChI is InChI=1S/C26H22N2O2/c29-26(17-20-7-2-1-3-8-20)28-27-18-21-13-15-24(16-14-21)30-19-23-11-6-10-22-9-4-5-12-25(22)23/h1-16,18H,17,19H2,(H,28,29)/b27-18-. The maximum absolute atomic E-state index is 11.9. The Labute approximate surface area is 175 Å². The third kappa shape index (κ3) is 5.11. The molecule has 0 aliphatic rings. The average Bonchev–Trinajstić information content (AvgIpc) is 2.79. The Morgan fingerprint density at radius 3 is 2.40 bits per heavy atom. The maximum atomic E-state index is 11.9. The monoisotopic (exact) mass is 394 g/mol. The molecule has 0 bridgehead atoms. The molecule has 0 atom stereocenters. The number of rotatable bonds is 7. The first kappa shape index (κ1) is 19.4. The van der Waals surface area contributed by atoms with Crippen LogP contribution in [-0.2, 0) is 17.8 Å². The maximum Gasteiger partial charge on any atom is 0.244 e. The molecule has 0 fully saturated rings. The van der Waals surface area contributed by atoms with E-state index in [1.54, 1.807) is 6.21 Å². The summed E-state index contributed by atoms with van der Waals surface area (Å²) in [5.74, 6) is 0.640. The Hall–Kier alpha value is -3.92. The lowest BCUT2D eigenvalue weighted by Gasteiger charge is -2.09. The summed E-state index contributed by atoms with van der Waals surface area (Å²) in [5, 5.41) is 6.44. The van der Waals surface area contributed by atoms with Gasteiger partial charge in [0.25, 0.3) is 0 Å². The molecular formula is C26H22N2O2. The quantitative estimate of drug-likeness (QED) is 0.350. The molecule has 0 aromatic heterocycles. The number of ether oxygens (including phenoxy) is 1. The van der Waals surface area contributed by atoms with Crippen LogP contribution in [-0.4, -0.2) is 12.1 Å². The molecule has 148 valence electrons. The topological polar surface area (TPSA) is 50.7 Å². The van der Waals surface area contributed by atoms with Gasteiger partial charge in [0.15, 0.2) is 0 Å². The summed E-state index contributed by atoms with van der Waals surface area (Å²) >= 11 is 0. The van der Waals surface area contributed by atoms with Crippen molar-refractivity contribution in [3.05, 3.63) is 114 Å². The molecule has 0 aliphatic heterocycles. The number of carbonyl (C=O) groups is 1. The predicted octanol–water partition coefficient (Wildman–Crippen LogP) is 5.11. The normalized spacial score (nSPS) is 10.9. The second-order valence-corrected chi connectivity index (χ2v) is 6.95. The van der Waals surface area contributed by atoms with Gasteiger partial charge in [-0.15, -0.1) is 0 Å². The summed E-state index contributed by atoms with van der Waals surface area (Å²) in [7, 11) is 0. The molecule has 0 aliphatic carbocycles. The lowest BCUT2D eigenvalue weighted by molar-refractivity contribution is -0.120. The highest BCUT2D eigenvalue weighted by Crippen LogP contribution is 2.20. The van der Waals surface area contributed by atoms with Gasteiger partial charge in [0.2, 0.25) is 5.91 Å². The van der Waals surface area contributed by atoms with E-state index in [1.165, 1.54) is 10.8 Å². The number of hydrogen-bond acceptors (Lipinski definition) is 3. The highest BCUT2D eigenvalue weighted by Gasteiger charge is 2.03. The Morgan fingerprint density at radius 1 is 0.833 bits per heavy atom. The van der Waals surface area contributed by atoms with Crippen molar-refractivity contribution in [3.63, 3.8) is 0 Å². The van der Waals surface area contributed by atoms with Crippen LogP contribution in [0.25, 0.3) is 10.8 Å². The van der Waals surface area contributed by atoms with E-state index in [1.807, 2.05) is 72.8 Å². The summed E-state index contributed by atoms with van der Waals surface area (Å²) < 4.78 is 5.95. The van der Waals surface area contributed by atoms with Gasteiger partial charge in [0.1, 0.15) is 12.4 Å². The van der Waals surface area contributed by atoms with Crippen molar-refractivity contribution in [2.24, 2.45) is 5.10 Å². The van der Waals surface area contributed by atoms with Gasteiger partial charge in [0.05, 0.1) is 12.6 Å². The lowest BCUT2D eigenvalue weighted by Crippen LogP contribution is -2.19. The first-order chi connectivity index (χ1) is 14.8. The van der Waals surface area contributed by atoms with Gasteiger partial charge in [-0.2, -0.15) is 5.10 Å². The average molecular weight is 394 g/mol. The highest BCUT2D eigenvalue weighted by atomic mass is 16.5. The number of hydrogen-bond donors (Lipinski definition) is 1. The molecule has 4 heteroatoms. The van der Waals surface area contributed by atoms with Crippen molar-refractivity contribution in [1.29, 1.82) is 0 Å². The highest BCUT2D eigenvalue weighted by molar-refractivity contribution is 5.85. The van der Waals surface area contributed by atoms with Gasteiger partial charge in [-0.05, 0) is 51.7 Å². The summed E-state index contributed by atoms with van der Waals surface area (Å²) in [6.07, 6.45) is 1.93. The fraction of sp³-hybridized carbons (Fsp3) is 0.0769. The first-order valence-corrected chi connectivity index (χ1v) is 9.83. The first-order valence-electron chi connectivity index (χ1n) is 9.83. The van der Waals surface area contributed by atoms with E-state index in [0.29, 0.717) is 13.0 Å². The minimum absolute atomic E-state index is 0.146. The van der Waals surface area contributed by atoms with Gasteiger partial charge in [0, 0.05) is 0 Å². The van der Waals surface area contributed by atoms with E-state index < -0.39 is 0 Å². The lowest BCUT2D eigenvalue weighted by atomic mass is 10.1. The Bertz CT molecular complexity index is 1150. The number of benzene rings is 4. The van der Waals surface area contributed by atoms with Crippen LogP contribution in [0, 0.1) is 0 Å². The molecule has 0 saturated carbocycles. The third-order valence-electron chi connectivity index (χ3n) is 4.76. The Kier molecular flexibility index (Phi) is 6.16. The minimum Gasteiger partial charge on any atom is -0.489 e. The Morgan fingerprint density at radius 2 is 1.57 bits per heavy atom. The van der Waals surface area contributed by atoms with Crippen LogP contribution in [0.2, 0.25) is 0 Å². The predicted molar refractivity (Wildman–Crippen MR) is 121 cm³/mol. The third-order valence-corrected chi connectivity index (χ3v) is 4.76. The second-order valence-electron chi connectivity index (χ2n) is 6.95. The van der Waals surface area contributed by atoms with Gasteiger partial charge in [-0.25, -0.2) is 5.43 Å². The van der Waals surface area contributed by atoms with Crippen molar-refractivity contribution in [1.82, 2.24) is 5.43 Å². The molecule has 0 heterocycles. The van der Waals surface area contributed by atoms with Crippen LogP contribution in [0.3, 0.4) is 0 Å². The molecule has 0 radical (unpaired) electrons. The van der Waals surface area contributed by atoms with Crippen LogP contribution in [0.15, 0.2) is 102 Å². The van der Waals surface area contributed by atoms with E-state index in [9.17, 15) is 4.79 Å². The van der Waals surface area contributed by atoms with Gasteiger partial charge < -0.3 is 4.74 Å². The Balaban J connectivity index is 1.30. The summed E-state index contributed by atoms with van der Waals surface area (Å²) in [6, 6.07) is 31.7. The van der Waals surface area contributed by atoms with Crippen LogP contribution in [0.4, 0.5) is 0 Å². The van der Waals surface area contributed by atoms with Crippen molar-refractivity contribution < 1.29 is 9.53 Å². The van der Waals surface area contributed by atoms with E-state index in [-0.39, 0.29) is 5.91 Å². The summed E-state index contributed by atoms with van der Waals surface area (Å²) in [5.41, 5.74) is 5.55. The van der Waals surface area contributed by atoms with Crippen LogP contribution in [0.5, 0.6) is 5.75 Å². The number of nitrogens with one attached hydrogen (secondary N) is 1. The summed E-state index contributed by atoms with van der Waals surface area (Å²) in [6.45, 7) is 0.504. The zero-order valence-corrected chi connectivity index (χ0v) is 16.5. The zero-order valence-electron chi connectivity index (χ0n) is 16.5.